The zero-order chi connectivity index (χ0) is 23.2. The molecule has 0 aliphatic rings. The van der Waals surface area contributed by atoms with Crippen LogP contribution in [0.2, 0.25) is 0 Å². The van der Waals surface area contributed by atoms with Gasteiger partial charge in [0.25, 0.3) is 12.1 Å². The summed E-state index contributed by atoms with van der Waals surface area (Å²) in [4.78, 5) is 27.6. The molecule has 0 unspecified atom stereocenters. The summed E-state index contributed by atoms with van der Waals surface area (Å²) in [7, 11) is 0. The van der Waals surface area contributed by atoms with Gasteiger partial charge in [0.1, 0.15) is 4.88 Å². The van der Waals surface area contributed by atoms with E-state index in [2.05, 4.69) is 20.9 Å². The fourth-order valence-corrected chi connectivity index (χ4v) is 4.03. The minimum absolute atomic E-state index is 0.0898. The van der Waals surface area contributed by atoms with Gasteiger partial charge in [0.05, 0.1) is 16.1 Å². The average Bonchev–Trinajstić information content (AvgIpc) is 3.27. The summed E-state index contributed by atoms with van der Waals surface area (Å²) in [5.74, 6) is -0.325. The first-order valence-corrected chi connectivity index (χ1v) is 10.8. The van der Waals surface area contributed by atoms with Crippen molar-refractivity contribution in [2.75, 3.05) is 16.0 Å². The highest BCUT2D eigenvalue weighted by molar-refractivity contribution is 7.12. The molecule has 166 valence electrons. The maximum Gasteiger partial charge on any atom is 0.274 e. The Balaban J connectivity index is 1.41. The van der Waals surface area contributed by atoms with Gasteiger partial charge in [-0.2, -0.15) is 0 Å². The molecule has 0 spiro atoms. The molecule has 10 heteroatoms. The number of para-hydroxylation sites is 1. The highest BCUT2D eigenvalue weighted by Gasteiger charge is 2.14. The molecule has 9 nitrogen and oxygen atoms in total. The van der Waals surface area contributed by atoms with Crippen LogP contribution < -0.4 is 21.7 Å². The number of anilines is 3. The second-order valence-electron chi connectivity index (χ2n) is 7.03. The van der Waals surface area contributed by atoms with Gasteiger partial charge in [-0.15, -0.1) is 11.3 Å². The number of benzene rings is 2. The maximum atomic E-state index is 12.8. The molecule has 0 aliphatic heterocycles. The summed E-state index contributed by atoms with van der Waals surface area (Å²) in [6, 6.07) is 18.5. The molecule has 33 heavy (non-hydrogen) atoms. The molecule has 0 bridgehead atoms. The number of thiophene rings is 1. The van der Waals surface area contributed by atoms with Gasteiger partial charge in [-0.05, 0) is 53.4 Å². The number of fused-ring (bicyclic) bond motifs is 1. The molecule has 0 saturated carbocycles. The number of carbonyl (C=O) groups is 1. The van der Waals surface area contributed by atoms with Gasteiger partial charge < -0.3 is 21.7 Å². The normalized spacial score (nSPS) is 11.2. The van der Waals surface area contributed by atoms with Crippen molar-refractivity contribution in [1.82, 2.24) is 4.98 Å². The second kappa shape index (κ2) is 9.79. The summed E-state index contributed by atoms with van der Waals surface area (Å²) in [6.07, 6.45) is 2.45. The minimum atomic E-state index is -0.638. The van der Waals surface area contributed by atoms with E-state index < -0.39 is 4.92 Å². The van der Waals surface area contributed by atoms with Crippen LogP contribution in [0.5, 0.6) is 0 Å². The second-order valence-corrected chi connectivity index (χ2v) is 7.95. The third kappa shape index (κ3) is 5.43. The third-order valence-corrected chi connectivity index (χ3v) is 5.67. The number of hydrogen-bond acceptors (Lipinski definition) is 8. The van der Waals surface area contributed by atoms with Crippen molar-refractivity contribution >= 4 is 45.2 Å². The van der Waals surface area contributed by atoms with Crippen molar-refractivity contribution in [2.45, 2.75) is 6.54 Å². The zero-order valence-corrected chi connectivity index (χ0v) is 18.1. The highest BCUT2D eigenvalue weighted by atomic mass is 32.1. The molecule has 0 saturated heterocycles. The lowest BCUT2D eigenvalue weighted by molar-refractivity contribution is -0.403. The Hall–Kier alpha value is -4.44. The van der Waals surface area contributed by atoms with Crippen molar-refractivity contribution in [1.29, 1.82) is 0 Å². The zero-order valence-electron chi connectivity index (χ0n) is 17.3. The number of rotatable bonds is 8. The molecular formula is C23H20N6O3S. The predicted molar refractivity (Wildman–Crippen MR) is 131 cm³/mol. The lowest BCUT2D eigenvalue weighted by atomic mass is 10.1. The Labute approximate surface area is 193 Å². The first-order valence-electron chi connectivity index (χ1n) is 9.93. The first-order chi connectivity index (χ1) is 16.0. The minimum Gasteiger partial charge on any atom is -0.380 e. The SMILES string of the molecule is NC(=C[N+](=O)[O-])Nc1ccc(NC(=O)c2sccc2NCc2ccnc3ccccc23)cc1. The molecule has 1 amide bonds. The lowest BCUT2D eigenvalue weighted by Gasteiger charge is -2.11. The summed E-state index contributed by atoms with van der Waals surface area (Å²) in [5, 5.41) is 22.3. The molecule has 4 aromatic rings. The van der Waals surface area contributed by atoms with Gasteiger partial charge in [0.15, 0.2) is 5.82 Å². The fraction of sp³-hybridized carbons (Fsp3) is 0.0435. The van der Waals surface area contributed by atoms with Crippen molar-refractivity contribution in [3.8, 4) is 0 Å². The summed E-state index contributed by atoms with van der Waals surface area (Å²) in [5.41, 5.74) is 9.44. The highest BCUT2D eigenvalue weighted by Crippen LogP contribution is 2.26. The van der Waals surface area contributed by atoms with Crippen molar-refractivity contribution in [3.05, 3.63) is 105 Å². The molecule has 4 rings (SSSR count). The number of hydrogen-bond donors (Lipinski definition) is 4. The van der Waals surface area contributed by atoms with Gasteiger partial charge >= 0.3 is 0 Å². The van der Waals surface area contributed by atoms with Crippen LogP contribution in [0, 0.1) is 10.1 Å². The standard InChI is InChI=1S/C23H20N6O3S/c24-21(14-29(31)32)27-16-5-7-17(8-6-16)28-23(30)22-20(10-12-33-22)26-13-15-9-11-25-19-4-2-1-3-18(15)19/h1-12,14,26-27H,13,24H2,(H,28,30). The van der Waals surface area contributed by atoms with Crippen LogP contribution in [0.25, 0.3) is 10.9 Å². The summed E-state index contributed by atoms with van der Waals surface area (Å²) < 4.78 is 0. The number of nitrogens with one attached hydrogen (secondary N) is 3. The topological polar surface area (TPSA) is 135 Å². The Morgan fingerprint density at radius 2 is 1.79 bits per heavy atom. The van der Waals surface area contributed by atoms with Crippen molar-refractivity contribution < 1.29 is 9.72 Å². The van der Waals surface area contributed by atoms with E-state index >= 15 is 0 Å². The molecule has 0 fully saturated rings. The summed E-state index contributed by atoms with van der Waals surface area (Å²) >= 11 is 1.35. The monoisotopic (exact) mass is 460 g/mol. The van der Waals surface area contributed by atoms with Crippen molar-refractivity contribution in [2.24, 2.45) is 5.73 Å². The molecule has 0 atom stereocenters. The molecule has 0 aliphatic carbocycles. The third-order valence-electron chi connectivity index (χ3n) is 4.76. The first kappa shape index (κ1) is 21.8. The number of nitro groups is 1. The number of pyridine rings is 1. The number of nitrogens with zero attached hydrogens (tertiary/aromatic N) is 2. The molecule has 5 N–H and O–H groups in total. The Morgan fingerprint density at radius 1 is 1.06 bits per heavy atom. The van der Waals surface area contributed by atoms with E-state index in [1.165, 1.54) is 11.3 Å². The van der Waals surface area contributed by atoms with Gasteiger partial charge in [-0.25, -0.2) is 0 Å². The van der Waals surface area contributed by atoms with Crippen LogP contribution in [0.1, 0.15) is 15.2 Å². The van der Waals surface area contributed by atoms with Crippen molar-refractivity contribution in [3.63, 3.8) is 0 Å². The summed E-state index contributed by atoms with van der Waals surface area (Å²) in [6.45, 7) is 0.555. The molecule has 2 aromatic carbocycles. The van der Waals surface area contributed by atoms with E-state index in [1.807, 2.05) is 41.8 Å². The van der Waals surface area contributed by atoms with Gasteiger partial charge in [-0.3, -0.25) is 19.9 Å². The molecule has 2 aromatic heterocycles. The maximum absolute atomic E-state index is 12.8. The lowest BCUT2D eigenvalue weighted by Crippen LogP contribution is -2.13. The molecular weight excluding hydrogens is 440 g/mol. The predicted octanol–water partition coefficient (Wildman–Crippen LogP) is 4.61. The van der Waals surface area contributed by atoms with Crippen LogP contribution in [0.15, 0.2) is 84.3 Å². The van der Waals surface area contributed by atoms with E-state index in [9.17, 15) is 14.9 Å². The number of aromatic nitrogens is 1. The van der Waals surface area contributed by atoms with Crippen LogP contribution >= 0.6 is 11.3 Å². The largest absolute Gasteiger partial charge is 0.380 e. The van der Waals surface area contributed by atoms with E-state index in [1.54, 1.807) is 30.5 Å². The number of nitrogens with two attached hydrogens (primary N) is 1. The molecule has 0 radical (unpaired) electrons. The van der Waals surface area contributed by atoms with Gasteiger partial charge in [0.2, 0.25) is 0 Å². The van der Waals surface area contributed by atoms with Crippen LogP contribution in [-0.2, 0) is 6.54 Å². The van der Waals surface area contributed by atoms with Crippen LogP contribution in [0.4, 0.5) is 17.1 Å². The van der Waals surface area contributed by atoms with Gasteiger partial charge in [0, 0.05) is 29.5 Å². The quantitative estimate of drug-likeness (QED) is 0.223. The van der Waals surface area contributed by atoms with E-state index in [-0.39, 0.29) is 11.7 Å². The Bertz CT molecular complexity index is 1330. The molecule has 2 heterocycles. The number of amides is 1. The van der Waals surface area contributed by atoms with E-state index in [0.29, 0.717) is 29.0 Å². The smallest absolute Gasteiger partial charge is 0.274 e. The van der Waals surface area contributed by atoms with Crippen LogP contribution in [-0.4, -0.2) is 15.8 Å². The van der Waals surface area contributed by atoms with Gasteiger partial charge in [-0.1, -0.05) is 18.2 Å². The van der Waals surface area contributed by atoms with E-state index in [4.69, 9.17) is 5.73 Å². The Morgan fingerprint density at radius 3 is 2.55 bits per heavy atom. The Kier molecular flexibility index (Phi) is 6.46. The average molecular weight is 461 g/mol. The van der Waals surface area contributed by atoms with Crippen LogP contribution in [0.3, 0.4) is 0 Å². The number of carbonyl (C=O) groups excluding carboxylic acids is 1. The fourth-order valence-electron chi connectivity index (χ4n) is 3.26. The van der Waals surface area contributed by atoms with E-state index in [0.717, 1.165) is 22.2 Å².